The van der Waals surface area contributed by atoms with Crippen molar-refractivity contribution in [3.63, 3.8) is 0 Å². The van der Waals surface area contributed by atoms with E-state index in [4.69, 9.17) is 5.26 Å². The van der Waals surface area contributed by atoms with E-state index in [0.29, 0.717) is 18.9 Å². The zero-order valence-corrected chi connectivity index (χ0v) is 12.2. The Morgan fingerprint density at radius 1 is 1.26 bits per heavy atom. The molecule has 0 bridgehead atoms. The molecule has 0 aliphatic heterocycles. The Bertz CT molecular complexity index is 528. The van der Waals surface area contributed by atoms with E-state index in [1.165, 1.54) is 12.1 Å². The first kappa shape index (κ1) is 15.7. The average Bonchev–Trinajstić information content (AvgIpc) is 2.36. The third-order valence-electron chi connectivity index (χ3n) is 2.77. The van der Waals surface area contributed by atoms with Crippen molar-refractivity contribution < 1.29 is 8.42 Å². The summed E-state index contributed by atoms with van der Waals surface area (Å²) >= 11 is 0. The average molecular weight is 280 g/mol. The summed E-state index contributed by atoms with van der Waals surface area (Å²) < 4.78 is 26.5. The number of nitrogens with one attached hydrogen (secondary N) is 1. The van der Waals surface area contributed by atoms with E-state index >= 15 is 0 Å². The fourth-order valence-electron chi connectivity index (χ4n) is 1.68. The van der Waals surface area contributed by atoms with Crippen LogP contribution in [0.3, 0.4) is 0 Å². The van der Waals surface area contributed by atoms with Gasteiger partial charge in [-0.25, -0.2) is 13.1 Å². The first-order valence-electron chi connectivity index (χ1n) is 6.41. The summed E-state index contributed by atoms with van der Waals surface area (Å²) in [6.45, 7) is 4.69. The molecule has 0 aliphatic rings. The summed E-state index contributed by atoms with van der Waals surface area (Å²) in [6, 6.07) is 8.45. The molecule has 0 heterocycles. The molecule has 1 aromatic carbocycles. The molecular formula is C14H20N2O2S. The Kier molecular flexibility index (Phi) is 6.00. The molecule has 104 valence electrons. The van der Waals surface area contributed by atoms with Crippen LogP contribution in [0.4, 0.5) is 0 Å². The van der Waals surface area contributed by atoms with E-state index in [0.717, 1.165) is 18.4 Å². The van der Waals surface area contributed by atoms with Gasteiger partial charge >= 0.3 is 0 Å². The lowest BCUT2D eigenvalue weighted by Crippen LogP contribution is -2.25. The van der Waals surface area contributed by atoms with Gasteiger partial charge in [-0.3, -0.25) is 0 Å². The van der Waals surface area contributed by atoms with Crippen LogP contribution in [0.5, 0.6) is 0 Å². The van der Waals surface area contributed by atoms with Crippen molar-refractivity contribution in [3.8, 4) is 6.07 Å². The minimum Gasteiger partial charge on any atom is -0.211 e. The summed E-state index contributed by atoms with van der Waals surface area (Å²) in [6.07, 6.45) is 2.13. The lowest BCUT2D eigenvalue weighted by Gasteiger charge is -2.08. The number of benzene rings is 1. The van der Waals surface area contributed by atoms with Crippen molar-refractivity contribution in [1.82, 2.24) is 4.72 Å². The van der Waals surface area contributed by atoms with Crippen molar-refractivity contribution in [2.24, 2.45) is 5.92 Å². The second-order valence-electron chi connectivity index (χ2n) is 4.91. The van der Waals surface area contributed by atoms with Crippen LogP contribution in [0, 0.1) is 17.2 Å². The standard InChI is InChI=1S/C14H20N2O2S/c1-12(2)4-3-11-16-19(17,18)14-7-5-13(6-8-14)9-10-15/h5-8,12,16H,3-4,9,11H2,1-2H3. The molecule has 0 aliphatic carbocycles. The maximum Gasteiger partial charge on any atom is 0.240 e. The Balaban J connectivity index is 2.59. The normalized spacial score (nSPS) is 11.5. The lowest BCUT2D eigenvalue weighted by atomic mass is 10.1. The van der Waals surface area contributed by atoms with Gasteiger partial charge in [-0.1, -0.05) is 26.0 Å². The number of hydrogen-bond donors (Lipinski definition) is 1. The van der Waals surface area contributed by atoms with E-state index in [1.807, 2.05) is 6.07 Å². The Labute approximate surface area is 115 Å². The second-order valence-corrected chi connectivity index (χ2v) is 6.68. The number of rotatable bonds is 7. The van der Waals surface area contributed by atoms with Gasteiger partial charge in [-0.2, -0.15) is 5.26 Å². The Hall–Kier alpha value is -1.38. The van der Waals surface area contributed by atoms with Crippen LogP contribution >= 0.6 is 0 Å². The number of hydrogen-bond acceptors (Lipinski definition) is 3. The highest BCUT2D eigenvalue weighted by atomic mass is 32.2. The molecule has 0 fully saturated rings. The molecule has 1 aromatic rings. The molecule has 1 rings (SSSR count). The highest BCUT2D eigenvalue weighted by Crippen LogP contribution is 2.11. The molecule has 0 saturated heterocycles. The largest absolute Gasteiger partial charge is 0.240 e. The van der Waals surface area contributed by atoms with Gasteiger partial charge in [0, 0.05) is 6.54 Å². The number of nitrogens with zero attached hydrogens (tertiary/aromatic N) is 1. The van der Waals surface area contributed by atoms with Gasteiger partial charge in [0.15, 0.2) is 0 Å². The van der Waals surface area contributed by atoms with Crippen molar-refractivity contribution in [2.45, 2.75) is 38.0 Å². The number of sulfonamides is 1. The van der Waals surface area contributed by atoms with Gasteiger partial charge in [-0.15, -0.1) is 0 Å². The summed E-state index contributed by atoms with van der Waals surface area (Å²) in [5, 5.41) is 8.56. The fraction of sp³-hybridized carbons (Fsp3) is 0.500. The highest BCUT2D eigenvalue weighted by molar-refractivity contribution is 7.89. The predicted molar refractivity (Wildman–Crippen MR) is 75.0 cm³/mol. The van der Waals surface area contributed by atoms with Crippen molar-refractivity contribution in [2.75, 3.05) is 6.54 Å². The topological polar surface area (TPSA) is 70.0 Å². The van der Waals surface area contributed by atoms with Crippen molar-refractivity contribution >= 4 is 10.0 Å². The zero-order valence-electron chi connectivity index (χ0n) is 11.4. The Morgan fingerprint density at radius 3 is 2.42 bits per heavy atom. The van der Waals surface area contributed by atoms with Crippen LogP contribution in [-0.2, 0) is 16.4 Å². The SMILES string of the molecule is CC(C)CCCNS(=O)(=O)c1ccc(CC#N)cc1. The lowest BCUT2D eigenvalue weighted by molar-refractivity contribution is 0.540. The van der Waals surface area contributed by atoms with Crippen LogP contribution in [0.15, 0.2) is 29.2 Å². The molecule has 0 radical (unpaired) electrons. The minimum atomic E-state index is -3.42. The monoisotopic (exact) mass is 280 g/mol. The van der Waals surface area contributed by atoms with Crippen LogP contribution in [0.1, 0.15) is 32.3 Å². The minimum absolute atomic E-state index is 0.249. The van der Waals surface area contributed by atoms with E-state index in [2.05, 4.69) is 18.6 Å². The molecule has 4 nitrogen and oxygen atoms in total. The van der Waals surface area contributed by atoms with Gasteiger partial charge in [0.05, 0.1) is 17.4 Å². The van der Waals surface area contributed by atoms with Gasteiger partial charge in [-0.05, 0) is 36.5 Å². The molecule has 19 heavy (non-hydrogen) atoms. The van der Waals surface area contributed by atoms with Crippen LogP contribution in [0.25, 0.3) is 0 Å². The van der Waals surface area contributed by atoms with Gasteiger partial charge in [0.25, 0.3) is 0 Å². The fourth-order valence-corrected chi connectivity index (χ4v) is 2.75. The number of nitriles is 1. The molecule has 0 unspecified atom stereocenters. The molecule has 0 aromatic heterocycles. The third kappa shape index (κ3) is 5.41. The first-order valence-corrected chi connectivity index (χ1v) is 7.89. The molecule has 5 heteroatoms. The summed E-state index contributed by atoms with van der Waals surface area (Å²) in [7, 11) is -3.42. The molecule has 0 saturated carbocycles. The van der Waals surface area contributed by atoms with E-state index in [1.54, 1.807) is 12.1 Å². The van der Waals surface area contributed by atoms with E-state index in [9.17, 15) is 8.42 Å². The predicted octanol–water partition coefficient (Wildman–Crippen LogP) is 2.47. The maximum absolute atomic E-state index is 12.0. The van der Waals surface area contributed by atoms with Crippen LogP contribution in [0.2, 0.25) is 0 Å². The van der Waals surface area contributed by atoms with E-state index in [-0.39, 0.29) is 4.90 Å². The molecule has 0 atom stereocenters. The van der Waals surface area contributed by atoms with Gasteiger partial charge in [0.1, 0.15) is 0 Å². The van der Waals surface area contributed by atoms with Crippen molar-refractivity contribution in [1.29, 1.82) is 5.26 Å². The summed E-state index contributed by atoms with van der Waals surface area (Å²) in [5.74, 6) is 0.578. The molecule has 1 N–H and O–H groups in total. The second kappa shape index (κ2) is 7.27. The van der Waals surface area contributed by atoms with Crippen LogP contribution in [-0.4, -0.2) is 15.0 Å². The first-order chi connectivity index (χ1) is 8.95. The van der Waals surface area contributed by atoms with Gasteiger partial charge < -0.3 is 0 Å². The third-order valence-corrected chi connectivity index (χ3v) is 4.24. The summed E-state index contributed by atoms with van der Waals surface area (Å²) in [4.78, 5) is 0.249. The Morgan fingerprint density at radius 2 is 1.89 bits per heavy atom. The van der Waals surface area contributed by atoms with Gasteiger partial charge in [0.2, 0.25) is 10.0 Å². The van der Waals surface area contributed by atoms with E-state index < -0.39 is 10.0 Å². The molecule has 0 spiro atoms. The highest BCUT2D eigenvalue weighted by Gasteiger charge is 2.12. The zero-order chi connectivity index (χ0) is 14.3. The maximum atomic E-state index is 12.0. The van der Waals surface area contributed by atoms with Crippen LogP contribution < -0.4 is 4.72 Å². The molecular weight excluding hydrogens is 260 g/mol. The quantitative estimate of drug-likeness (QED) is 0.780. The summed E-state index contributed by atoms with van der Waals surface area (Å²) in [5.41, 5.74) is 0.821. The molecule has 0 amide bonds. The smallest absolute Gasteiger partial charge is 0.211 e. The van der Waals surface area contributed by atoms with Crippen molar-refractivity contribution in [3.05, 3.63) is 29.8 Å².